The lowest BCUT2D eigenvalue weighted by Crippen LogP contribution is -2.07. The van der Waals surface area contributed by atoms with Crippen LogP contribution in [0.25, 0.3) is 11.4 Å². The van der Waals surface area contributed by atoms with Crippen molar-refractivity contribution in [2.45, 2.75) is 6.43 Å². The maximum atomic E-state index is 12.0. The molecule has 2 rings (SSSR count). The smallest absolute Gasteiger partial charge is 0.272 e. The van der Waals surface area contributed by atoms with Gasteiger partial charge < -0.3 is 9.26 Å². The molecule has 1 heterocycles. The van der Waals surface area contributed by atoms with E-state index in [1.807, 2.05) is 0 Å². The minimum atomic E-state index is -2.52. The zero-order valence-electron chi connectivity index (χ0n) is 8.14. The summed E-state index contributed by atoms with van der Waals surface area (Å²) >= 11 is 0. The molecule has 84 valence electrons. The van der Waals surface area contributed by atoms with Crippen molar-refractivity contribution in [1.29, 1.82) is 0 Å². The van der Waals surface area contributed by atoms with Gasteiger partial charge in [-0.1, -0.05) is 17.3 Å². The SMILES string of the molecule is FC(F)COc1ccccc1-c1ncon1. The largest absolute Gasteiger partial charge is 0.487 e. The van der Waals surface area contributed by atoms with E-state index in [1.165, 1.54) is 6.39 Å². The molecule has 0 saturated heterocycles. The van der Waals surface area contributed by atoms with Crippen LogP contribution in [0.3, 0.4) is 0 Å². The van der Waals surface area contributed by atoms with Crippen LogP contribution in [-0.4, -0.2) is 23.2 Å². The van der Waals surface area contributed by atoms with Gasteiger partial charge in [0.1, 0.15) is 12.4 Å². The van der Waals surface area contributed by atoms with Crippen LogP contribution < -0.4 is 4.74 Å². The third kappa shape index (κ3) is 2.33. The number of benzene rings is 1. The highest BCUT2D eigenvalue weighted by Crippen LogP contribution is 2.27. The van der Waals surface area contributed by atoms with E-state index in [1.54, 1.807) is 24.3 Å². The van der Waals surface area contributed by atoms with Gasteiger partial charge in [-0.2, -0.15) is 4.98 Å². The fraction of sp³-hybridized carbons (Fsp3) is 0.200. The van der Waals surface area contributed by atoms with Gasteiger partial charge in [-0.05, 0) is 12.1 Å². The van der Waals surface area contributed by atoms with E-state index in [0.717, 1.165) is 0 Å². The zero-order valence-corrected chi connectivity index (χ0v) is 8.14. The van der Waals surface area contributed by atoms with E-state index in [-0.39, 0.29) is 0 Å². The van der Waals surface area contributed by atoms with Crippen molar-refractivity contribution in [2.24, 2.45) is 0 Å². The third-order valence-corrected chi connectivity index (χ3v) is 1.85. The Morgan fingerprint density at radius 3 is 2.81 bits per heavy atom. The quantitative estimate of drug-likeness (QED) is 0.803. The molecule has 1 aromatic carbocycles. The molecule has 16 heavy (non-hydrogen) atoms. The molecule has 6 heteroatoms. The minimum Gasteiger partial charge on any atom is -0.487 e. The van der Waals surface area contributed by atoms with Gasteiger partial charge in [0.2, 0.25) is 12.2 Å². The first-order valence-electron chi connectivity index (χ1n) is 4.54. The molecule has 0 bridgehead atoms. The van der Waals surface area contributed by atoms with E-state index < -0.39 is 13.0 Å². The molecular formula is C10H8F2N2O2. The molecule has 0 unspecified atom stereocenters. The summed E-state index contributed by atoms with van der Waals surface area (Å²) in [5, 5.41) is 3.62. The number of aromatic nitrogens is 2. The second-order valence-electron chi connectivity index (χ2n) is 2.95. The standard InChI is InChI=1S/C10H8F2N2O2/c11-9(12)5-15-8-4-2-1-3-7(8)10-13-6-16-14-10/h1-4,6,9H,5H2. The molecule has 0 spiro atoms. The molecule has 0 amide bonds. The molecule has 4 nitrogen and oxygen atoms in total. The van der Waals surface area contributed by atoms with Gasteiger partial charge in [-0.15, -0.1) is 0 Å². The van der Waals surface area contributed by atoms with Crippen molar-refractivity contribution in [3.05, 3.63) is 30.7 Å². The first kappa shape index (κ1) is 10.5. The molecule has 0 fully saturated rings. The van der Waals surface area contributed by atoms with Gasteiger partial charge in [0, 0.05) is 0 Å². The highest BCUT2D eigenvalue weighted by atomic mass is 19.3. The predicted octanol–water partition coefficient (Wildman–Crippen LogP) is 2.38. The highest BCUT2D eigenvalue weighted by molar-refractivity contribution is 5.63. The predicted molar refractivity (Wildman–Crippen MR) is 51.2 cm³/mol. The van der Waals surface area contributed by atoms with E-state index in [9.17, 15) is 8.78 Å². The number of para-hydroxylation sites is 1. The second kappa shape index (κ2) is 4.69. The Balaban J connectivity index is 2.24. The first-order valence-corrected chi connectivity index (χ1v) is 4.54. The van der Waals surface area contributed by atoms with Crippen molar-refractivity contribution >= 4 is 0 Å². The highest BCUT2D eigenvalue weighted by Gasteiger charge is 2.11. The summed E-state index contributed by atoms with van der Waals surface area (Å²) in [6.07, 6.45) is -1.35. The fourth-order valence-electron chi connectivity index (χ4n) is 1.22. The molecule has 0 aliphatic carbocycles. The average Bonchev–Trinajstić information content (AvgIpc) is 2.80. The van der Waals surface area contributed by atoms with Crippen molar-refractivity contribution in [2.75, 3.05) is 6.61 Å². The fourth-order valence-corrected chi connectivity index (χ4v) is 1.22. The summed E-state index contributed by atoms with van der Waals surface area (Å²) in [7, 11) is 0. The van der Waals surface area contributed by atoms with Gasteiger partial charge in [-0.3, -0.25) is 0 Å². The Morgan fingerprint density at radius 2 is 2.12 bits per heavy atom. The minimum absolute atomic E-state index is 0.309. The molecule has 0 N–H and O–H groups in total. The van der Waals surface area contributed by atoms with Crippen LogP contribution >= 0.6 is 0 Å². The van der Waals surface area contributed by atoms with Crippen molar-refractivity contribution < 1.29 is 18.0 Å². The molecule has 0 saturated carbocycles. The number of halogens is 2. The molecule has 0 radical (unpaired) electrons. The van der Waals surface area contributed by atoms with Crippen LogP contribution in [0.2, 0.25) is 0 Å². The van der Waals surface area contributed by atoms with Gasteiger partial charge in [0.15, 0.2) is 0 Å². The van der Waals surface area contributed by atoms with Crippen LogP contribution in [0.15, 0.2) is 35.2 Å². The van der Waals surface area contributed by atoms with Crippen LogP contribution in [0, 0.1) is 0 Å². The normalized spacial score (nSPS) is 10.7. The van der Waals surface area contributed by atoms with Gasteiger partial charge in [0.25, 0.3) is 6.43 Å². The first-order chi connectivity index (χ1) is 7.77. The van der Waals surface area contributed by atoms with Crippen LogP contribution in [-0.2, 0) is 0 Å². The summed E-state index contributed by atoms with van der Waals surface area (Å²) in [5.41, 5.74) is 0.525. The lowest BCUT2D eigenvalue weighted by atomic mass is 10.2. The lowest BCUT2D eigenvalue weighted by Gasteiger charge is -2.08. The van der Waals surface area contributed by atoms with E-state index in [2.05, 4.69) is 14.7 Å². The molecule has 0 atom stereocenters. The van der Waals surface area contributed by atoms with Crippen LogP contribution in [0.4, 0.5) is 8.78 Å². The maximum Gasteiger partial charge on any atom is 0.272 e. The number of hydrogen-bond acceptors (Lipinski definition) is 4. The monoisotopic (exact) mass is 226 g/mol. The summed E-state index contributed by atoms with van der Waals surface area (Å²) in [5.74, 6) is 0.620. The number of hydrogen-bond donors (Lipinski definition) is 0. The topological polar surface area (TPSA) is 48.2 Å². The molecule has 1 aromatic heterocycles. The van der Waals surface area contributed by atoms with Crippen LogP contribution in [0.1, 0.15) is 0 Å². The van der Waals surface area contributed by atoms with Crippen molar-refractivity contribution in [3.63, 3.8) is 0 Å². The van der Waals surface area contributed by atoms with Gasteiger partial charge in [0.05, 0.1) is 5.56 Å². The third-order valence-electron chi connectivity index (χ3n) is 1.85. The average molecular weight is 226 g/mol. The zero-order chi connectivity index (χ0) is 11.4. The molecule has 2 aromatic rings. The number of rotatable bonds is 4. The molecule has 0 aliphatic heterocycles. The Hall–Kier alpha value is -1.98. The summed E-state index contributed by atoms with van der Waals surface area (Å²) < 4.78 is 33.6. The second-order valence-corrected chi connectivity index (χ2v) is 2.95. The van der Waals surface area contributed by atoms with Crippen molar-refractivity contribution in [1.82, 2.24) is 10.1 Å². The Morgan fingerprint density at radius 1 is 1.31 bits per heavy atom. The van der Waals surface area contributed by atoms with Crippen LogP contribution in [0.5, 0.6) is 5.75 Å². The molecule has 0 aliphatic rings. The maximum absolute atomic E-state index is 12.0. The molecular weight excluding hydrogens is 218 g/mol. The number of nitrogens with zero attached hydrogens (tertiary/aromatic N) is 2. The van der Waals surface area contributed by atoms with Gasteiger partial charge in [-0.25, -0.2) is 8.78 Å². The summed E-state index contributed by atoms with van der Waals surface area (Å²) in [4.78, 5) is 3.83. The van der Waals surface area contributed by atoms with E-state index in [4.69, 9.17) is 4.74 Å². The van der Waals surface area contributed by atoms with Gasteiger partial charge >= 0.3 is 0 Å². The Labute approximate surface area is 89.8 Å². The summed E-state index contributed by atoms with van der Waals surface area (Å²) in [6.45, 7) is -0.658. The lowest BCUT2D eigenvalue weighted by molar-refractivity contribution is 0.0821. The Kier molecular flexibility index (Phi) is 3.09. The number of alkyl halides is 2. The van der Waals surface area contributed by atoms with Crippen molar-refractivity contribution in [3.8, 4) is 17.1 Å². The summed E-state index contributed by atoms with van der Waals surface area (Å²) in [6, 6.07) is 6.67. The van der Waals surface area contributed by atoms with E-state index >= 15 is 0 Å². The Bertz CT molecular complexity index is 446. The number of ether oxygens (including phenoxy) is 1. The van der Waals surface area contributed by atoms with E-state index in [0.29, 0.717) is 17.1 Å².